The fourth-order valence-electron chi connectivity index (χ4n) is 2.80. The predicted octanol–water partition coefficient (Wildman–Crippen LogP) is 2.10. The highest BCUT2D eigenvalue weighted by molar-refractivity contribution is 5.91. The first-order chi connectivity index (χ1) is 11.9. The van der Waals surface area contributed by atoms with Crippen LogP contribution in [0, 0.1) is 6.92 Å². The first kappa shape index (κ1) is 16.8. The number of benzene rings is 1. The van der Waals surface area contributed by atoms with Gasteiger partial charge in [-0.1, -0.05) is 6.07 Å². The van der Waals surface area contributed by atoms with Gasteiger partial charge in [0, 0.05) is 18.7 Å². The minimum Gasteiger partial charge on any atom is -0.442 e. The van der Waals surface area contributed by atoms with Crippen LogP contribution in [0.3, 0.4) is 0 Å². The molecular weight excluding hydrogens is 320 g/mol. The lowest BCUT2D eigenvalue weighted by Crippen LogP contribution is -2.33. The maximum absolute atomic E-state index is 12.1. The second-order valence-electron chi connectivity index (χ2n) is 6.03. The number of carbonyl (C=O) groups is 2. The zero-order chi connectivity index (χ0) is 18.0. The number of rotatable bonds is 4. The number of amides is 2. The molecule has 1 atom stereocenters. The van der Waals surface area contributed by atoms with Gasteiger partial charge in [-0.15, -0.1) is 0 Å². The Bertz CT molecular complexity index is 804. The summed E-state index contributed by atoms with van der Waals surface area (Å²) >= 11 is 0. The van der Waals surface area contributed by atoms with E-state index in [0.29, 0.717) is 18.9 Å². The molecule has 3 N–H and O–H groups in total. The summed E-state index contributed by atoms with van der Waals surface area (Å²) < 4.78 is 5.31. The van der Waals surface area contributed by atoms with E-state index in [4.69, 9.17) is 10.5 Å². The molecule has 2 aromatic rings. The summed E-state index contributed by atoms with van der Waals surface area (Å²) in [4.78, 5) is 28.8. The Balaban J connectivity index is 1.78. The van der Waals surface area contributed by atoms with E-state index >= 15 is 0 Å². The quantitative estimate of drug-likeness (QED) is 0.888. The van der Waals surface area contributed by atoms with Gasteiger partial charge in [-0.05, 0) is 42.3 Å². The van der Waals surface area contributed by atoms with Crippen LogP contribution in [0.15, 0.2) is 36.5 Å². The third-order valence-electron chi connectivity index (χ3n) is 4.06. The number of aryl methyl sites for hydroxylation is 1. The van der Waals surface area contributed by atoms with Crippen LogP contribution in [0.2, 0.25) is 0 Å². The molecule has 25 heavy (non-hydrogen) atoms. The van der Waals surface area contributed by atoms with Gasteiger partial charge in [0.2, 0.25) is 5.91 Å². The number of hydrogen-bond donors (Lipinski definition) is 2. The molecule has 3 rings (SSSR count). The average molecular weight is 340 g/mol. The molecule has 1 aromatic heterocycles. The highest BCUT2D eigenvalue weighted by atomic mass is 16.6. The molecule has 2 amide bonds. The van der Waals surface area contributed by atoms with E-state index < -0.39 is 6.09 Å². The van der Waals surface area contributed by atoms with E-state index in [1.165, 1.54) is 6.92 Å². The number of nitrogen functional groups attached to an aromatic ring is 1. The molecule has 1 aliphatic heterocycles. The number of ether oxygens (including phenoxy) is 1. The topological polar surface area (TPSA) is 97.5 Å². The van der Waals surface area contributed by atoms with Gasteiger partial charge in [0.05, 0.1) is 18.8 Å². The summed E-state index contributed by atoms with van der Waals surface area (Å²) in [6.45, 7) is 4.09. The van der Waals surface area contributed by atoms with Crippen LogP contribution in [0.4, 0.5) is 16.3 Å². The summed E-state index contributed by atoms with van der Waals surface area (Å²) in [7, 11) is 0. The normalized spacial score (nSPS) is 16.6. The molecule has 1 saturated heterocycles. The van der Waals surface area contributed by atoms with Crippen LogP contribution in [-0.4, -0.2) is 36.2 Å². The maximum Gasteiger partial charge on any atom is 0.414 e. The first-order valence-corrected chi connectivity index (χ1v) is 7.99. The Kier molecular flexibility index (Phi) is 4.56. The SMILES string of the molecule is CC(=O)NCC1CN(c2ccc(-c3ccc(N)nc3)cc2C)C(=O)O1. The zero-order valence-electron chi connectivity index (χ0n) is 14.2. The Hall–Kier alpha value is -3.09. The molecule has 2 heterocycles. The molecule has 0 aliphatic carbocycles. The number of carbonyl (C=O) groups excluding carboxylic acids is 2. The van der Waals surface area contributed by atoms with Crippen LogP contribution in [-0.2, 0) is 9.53 Å². The standard InChI is InChI=1S/C18H20N4O3/c1-11-7-13(14-4-6-17(19)21-8-14)3-5-16(11)22-10-15(25-18(22)24)9-20-12(2)23/h3-8,15H,9-10H2,1-2H3,(H2,19,21)(H,20,23). The lowest BCUT2D eigenvalue weighted by atomic mass is 10.0. The molecule has 7 nitrogen and oxygen atoms in total. The molecule has 0 bridgehead atoms. The summed E-state index contributed by atoms with van der Waals surface area (Å²) in [5.74, 6) is 0.328. The van der Waals surface area contributed by atoms with Crippen LogP contribution < -0.4 is 16.0 Å². The van der Waals surface area contributed by atoms with Crippen molar-refractivity contribution in [3.8, 4) is 11.1 Å². The maximum atomic E-state index is 12.1. The largest absolute Gasteiger partial charge is 0.442 e. The number of nitrogens with one attached hydrogen (secondary N) is 1. The van der Waals surface area contributed by atoms with Crippen molar-refractivity contribution in [1.29, 1.82) is 0 Å². The minimum atomic E-state index is -0.402. The molecule has 7 heteroatoms. The first-order valence-electron chi connectivity index (χ1n) is 7.99. The van der Waals surface area contributed by atoms with Crippen molar-refractivity contribution >= 4 is 23.5 Å². The predicted molar refractivity (Wildman–Crippen MR) is 95.1 cm³/mol. The van der Waals surface area contributed by atoms with Crippen molar-refractivity contribution in [3.05, 3.63) is 42.1 Å². The fraction of sp³-hybridized carbons (Fsp3) is 0.278. The highest BCUT2D eigenvalue weighted by Gasteiger charge is 2.33. The number of anilines is 2. The summed E-state index contributed by atoms with van der Waals surface area (Å²) in [5, 5.41) is 2.67. The minimum absolute atomic E-state index is 0.146. The van der Waals surface area contributed by atoms with Crippen LogP contribution in [0.1, 0.15) is 12.5 Å². The Morgan fingerprint density at radius 2 is 2.12 bits per heavy atom. The zero-order valence-corrected chi connectivity index (χ0v) is 14.2. The van der Waals surface area contributed by atoms with Crippen molar-refractivity contribution in [2.45, 2.75) is 20.0 Å². The lowest BCUT2D eigenvalue weighted by Gasteiger charge is -2.17. The van der Waals surface area contributed by atoms with E-state index in [0.717, 1.165) is 22.4 Å². The lowest BCUT2D eigenvalue weighted by molar-refractivity contribution is -0.119. The van der Waals surface area contributed by atoms with Crippen LogP contribution in [0.25, 0.3) is 11.1 Å². The average Bonchev–Trinajstić information content (AvgIpc) is 2.94. The summed E-state index contributed by atoms with van der Waals surface area (Å²) in [6.07, 6.45) is 0.967. The summed E-state index contributed by atoms with van der Waals surface area (Å²) in [5.41, 5.74) is 9.31. The van der Waals surface area contributed by atoms with Crippen molar-refractivity contribution in [1.82, 2.24) is 10.3 Å². The molecule has 0 saturated carbocycles. The second kappa shape index (κ2) is 6.80. The number of nitrogens with zero attached hydrogens (tertiary/aromatic N) is 2. The van der Waals surface area contributed by atoms with E-state index in [2.05, 4.69) is 10.3 Å². The molecule has 1 aliphatic rings. The fourth-order valence-corrected chi connectivity index (χ4v) is 2.80. The number of pyridine rings is 1. The third kappa shape index (κ3) is 3.71. The Labute approximate surface area is 145 Å². The molecule has 130 valence electrons. The van der Waals surface area contributed by atoms with Gasteiger partial charge >= 0.3 is 6.09 Å². The number of hydrogen-bond acceptors (Lipinski definition) is 5. The second-order valence-corrected chi connectivity index (χ2v) is 6.03. The van der Waals surface area contributed by atoms with Crippen molar-refractivity contribution in [2.75, 3.05) is 23.7 Å². The van der Waals surface area contributed by atoms with Gasteiger partial charge in [-0.25, -0.2) is 9.78 Å². The van der Waals surface area contributed by atoms with E-state index in [1.54, 1.807) is 17.2 Å². The summed E-state index contributed by atoms with van der Waals surface area (Å²) in [6, 6.07) is 9.48. The Morgan fingerprint density at radius 3 is 2.76 bits per heavy atom. The van der Waals surface area contributed by atoms with Crippen molar-refractivity contribution in [3.63, 3.8) is 0 Å². The van der Waals surface area contributed by atoms with Crippen LogP contribution in [0.5, 0.6) is 0 Å². The van der Waals surface area contributed by atoms with Crippen molar-refractivity contribution < 1.29 is 14.3 Å². The highest BCUT2D eigenvalue weighted by Crippen LogP contribution is 2.29. The van der Waals surface area contributed by atoms with Gasteiger partial charge in [0.1, 0.15) is 11.9 Å². The van der Waals surface area contributed by atoms with E-state index in [9.17, 15) is 9.59 Å². The van der Waals surface area contributed by atoms with Crippen LogP contribution >= 0.6 is 0 Å². The molecule has 0 spiro atoms. The molecule has 0 radical (unpaired) electrons. The smallest absolute Gasteiger partial charge is 0.414 e. The van der Waals surface area contributed by atoms with Gasteiger partial charge in [0.25, 0.3) is 0 Å². The van der Waals surface area contributed by atoms with Gasteiger partial charge in [-0.3, -0.25) is 9.69 Å². The molecular formula is C18H20N4O3. The van der Waals surface area contributed by atoms with E-state index in [-0.39, 0.29) is 12.0 Å². The number of cyclic esters (lactones) is 1. The number of aromatic nitrogens is 1. The van der Waals surface area contributed by atoms with Gasteiger partial charge in [0.15, 0.2) is 0 Å². The van der Waals surface area contributed by atoms with E-state index in [1.807, 2.05) is 31.2 Å². The monoisotopic (exact) mass is 340 g/mol. The number of nitrogens with two attached hydrogens (primary N) is 1. The molecule has 1 aromatic carbocycles. The molecule has 1 fully saturated rings. The third-order valence-corrected chi connectivity index (χ3v) is 4.06. The Morgan fingerprint density at radius 1 is 1.36 bits per heavy atom. The van der Waals surface area contributed by atoms with Gasteiger partial charge < -0.3 is 15.8 Å². The molecule has 1 unspecified atom stereocenters. The van der Waals surface area contributed by atoms with Crippen molar-refractivity contribution in [2.24, 2.45) is 0 Å². The van der Waals surface area contributed by atoms with Gasteiger partial charge in [-0.2, -0.15) is 0 Å².